The Hall–Kier alpha value is -1.47. The lowest BCUT2D eigenvalue weighted by atomic mass is 10.1. The molecular weight excluding hydrogens is 270 g/mol. The predicted octanol–water partition coefficient (Wildman–Crippen LogP) is 3.36. The highest BCUT2D eigenvalue weighted by Gasteiger charge is 2.13. The maximum atomic E-state index is 10.8. The summed E-state index contributed by atoms with van der Waals surface area (Å²) in [5.41, 5.74) is 1.85. The fourth-order valence-electron chi connectivity index (χ4n) is 1.50. The number of benzene rings is 1. The summed E-state index contributed by atoms with van der Waals surface area (Å²) >= 11 is 3.08. The molecule has 0 saturated heterocycles. The third-order valence-corrected chi connectivity index (χ3v) is 4.49. The summed E-state index contributed by atoms with van der Waals surface area (Å²) < 4.78 is 0.887. The van der Waals surface area contributed by atoms with E-state index >= 15 is 0 Å². The molecule has 0 N–H and O–H groups in total. The molecule has 0 spiro atoms. The second-order valence-corrected chi connectivity index (χ2v) is 6.10. The summed E-state index contributed by atoms with van der Waals surface area (Å²) in [6.07, 6.45) is 0. The fraction of sp³-hybridized carbons (Fsp3) is 0.273. The molecule has 0 fully saturated rings. The van der Waals surface area contributed by atoms with Gasteiger partial charge in [-0.3, -0.25) is 10.1 Å². The summed E-state index contributed by atoms with van der Waals surface area (Å²) in [7, 11) is 0. The molecule has 94 valence electrons. The van der Waals surface area contributed by atoms with E-state index < -0.39 is 0 Å². The van der Waals surface area contributed by atoms with Crippen molar-refractivity contribution >= 4 is 28.8 Å². The Labute approximate surface area is 112 Å². The molecule has 0 amide bonds. The van der Waals surface area contributed by atoms with Crippen molar-refractivity contribution in [1.82, 2.24) is 10.2 Å². The molecule has 5 nitrogen and oxygen atoms in total. The lowest BCUT2D eigenvalue weighted by molar-refractivity contribution is -0.385. The summed E-state index contributed by atoms with van der Waals surface area (Å²) in [6, 6.07) is 5.15. The summed E-state index contributed by atoms with van der Waals surface area (Å²) in [6.45, 7) is 3.68. The molecule has 1 heterocycles. The fourth-order valence-corrected chi connectivity index (χ4v) is 3.38. The average Bonchev–Trinajstić information content (AvgIpc) is 2.73. The van der Waals surface area contributed by atoms with Crippen LogP contribution in [-0.4, -0.2) is 15.1 Å². The Kier molecular flexibility index (Phi) is 3.93. The van der Waals surface area contributed by atoms with E-state index in [1.165, 1.54) is 17.4 Å². The van der Waals surface area contributed by atoms with Crippen molar-refractivity contribution in [1.29, 1.82) is 0 Å². The molecule has 0 saturated carbocycles. The first-order valence-electron chi connectivity index (χ1n) is 5.23. The number of hydrogen-bond acceptors (Lipinski definition) is 6. The normalized spacial score (nSPS) is 10.6. The Morgan fingerprint density at radius 2 is 2.17 bits per heavy atom. The second-order valence-electron chi connectivity index (χ2n) is 3.69. The van der Waals surface area contributed by atoms with Crippen molar-refractivity contribution in [2.75, 3.05) is 0 Å². The highest BCUT2D eigenvalue weighted by atomic mass is 32.2. The number of aryl methyl sites for hydroxylation is 1. The molecule has 0 aliphatic heterocycles. The molecule has 7 heteroatoms. The van der Waals surface area contributed by atoms with Crippen molar-refractivity contribution in [2.45, 2.75) is 23.9 Å². The smallest absolute Gasteiger partial charge is 0.258 e. The van der Waals surface area contributed by atoms with Gasteiger partial charge in [0.1, 0.15) is 5.01 Å². The number of thioether (sulfide) groups is 1. The molecule has 1 aromatic carbocycles. The first kappa shape index (κ1) is 13.0. The largest absolute Gasteiger partial charge is 0.272 e. The molecule has 2 rings (SSSR count). The summed E-state index contributed by atoms with van der Waals surface area (Å²) in [4.78, 5) is 10.5. The van der Waals surface area contributed by atoms with E-state index in [1.807, 2.05) is 13.0 Å². The Bertz CT molecular complexity index is 583. The van der Waals surface area contributed by atoms with Crippen molar-refractivity contribution in [2.24, 2.45) is 0 Å². The van der Waals surface area contributed by atoms with Gasteiger partial charge in [0.15, 0.2) is 4.34 Å². The van der Waals surface area contributed by atoms with Gasteiger partial charge in [0.2, 0.25) is 0 Å². The van der Waals surface area contributed by atoms with Gasteiger partial charge < -0.3 is 0 Å². The molecule has 0 atom stereocenters. The Balaban J connectivity index is 2.14. The van der Waals surface area contributed by atoms with Crippen molar-refractivity contribution in [3.8, 4) is 0 Å². The first-order chi connectivity index (χ1) is 8.58. The van der Waals surface area contributed by atoms with E-state index in [-0.39, 0.29) is 10.6 Å². The van der Waals surface area contributed by atoms with Crippen LogP contribution in [0.4, 0.5) is 5.69 Å². The minimum Gasteiger partial charge on any atom is -0.258 e. The zero-order valence-corrected chi connectivity index (χ0v) is 11.5. The van der Waals surface area contributed by atoms with Gasteiger partial charge in [-0.25, -0.2) is 0 Å². The van der Waals surface area contributed by atoms with E-state index in [2.05, 4.69) is 10.2 Å². The third kappa shape index (κ3) is 2.85. The van der Waals surface area contributed by atoms with Crippen LogP contribution >= 0.6 is 23.1 Å². The molecule has 0 aliphatic rings. The van der Waals surface area contributed by atoms with Gasteiger partial charge >= 0.3 is 0 Å². The van der Waals surface area contributed by atoms with Crippen LogP contribution in [0.1, 0.15) is 16.1 Å². The third-order valence-electron chi connectivity index (χ3n) is 2.47. The first-order valence-corrected chi connectivity index (χ1v) is 7.04. The summed E-state index contributed by atoms with van der Waals surface area (Å²) in [5.74, 6) is 0.669. The van der Waals surface area contributed by atoms with Crippen molar-refractivity contribution in [3.05, 3.63) is 44.4 Å². The highest BCUT2D eigenvalue weighted by Crippen LogP contribution is 2.29. The van der Waals surface area contributed by atoms with Gasteiger partial charge in [-0.05, 0) is 19.4 Å². The SMILES string of the molecule is Cc1nnc(SCc2cccc([N+](=O)[O-])c2C)s1. The Morgan fingerprint density at radius 3 is 2.78 bits per heavy atom. The van der Waals surface area contributed by atoms with Gasteiger partial charge in [-0.15, -0.1) is 10.2 Å². The zero-order chi connectivity index (χ0) is 13.1. The molecular formula is C11H11N3O2S2. The number of nitro benzene ring substituents is 1. The average molecular weight is 281 g/mol. The zero-order valence-electron chi connectivity index (χ0n) is 9.91. The number of aromatic nitrogens is 2. The van der Waals surface area contributed by atoms with Crippen LogP contribution in [0, 0.1) is 24.0 Å². The van der Waals surface area contributed by atoms with Crippen molar-refractivity contribution < 1.29 is 4.92 Å². The maximum Gasteiger partial charge on any atom is 0.272 e. The predicted molar refractivity (Wildman–Crippen MR) is 72.0 cm³/mol. The summed E-state index contributed by atoms with van der Waals surface area (Å²) in [5, 5.41) is 19.7. The van der Waals surface area contributed by atoms with E-state index in [0.29, 0.717) is 5.75 Å². The van der Waals surface area contributed by atoms with Crippen molar-refractivity contribution in [3.63, 3.8) is 0 Å². The van der Waals surface area contributed by atoms with Gasteiger partial charge in [0, 0.05) is 17.4 Å². The second kappa shape index (κ2) is 5.45. The maximum absolute atomic E-state index is 10.8. The van der Waals surface area contributed by atoms with Gasteiger partial charge in [-0.1, -0.05) is 35.2 Å². The minimum atomic E-state index is -0.349. The number of nitro groups is 1. The van der Waals surface area contributed by atoms with Crippen LogP contribution in [0.5, 0.6) is 0 Å². The molecule has 0 unspecified atom stereocenters. The lowest BCUT2D eigenvalue weighted by Crippen LogP contribution is -1.95. The van der Waals surface area contributed by atoms with Crippen LogP contribution in [0.3, 0.4) is 0 Å². The van der Waals surface area contributed by atoms with E-state index in [0.717, 1.165) is 20.5 Å². The monoisotopic (exact) mass is 281 g/mol. The van der Waals surface area contributed by atoms with Crippen LogP contribution in [0.15, 0.2) is 22.5 Å². The quantitative estimate of drug-likeness (QED) is 0.488. The molecule has 0 aliphatic carbocycles. The number of hydrogen-bond donors (Lipinski definition) is 0. The standard InChI is InChI=1S/C11H11N3O2S2/c1-7-9(4-3-5-10(7)14(15)16)6-17-11-13-12-8(2)18-11/h3-5H,6H2,1-2H3. The lowest BCUT2D eigenvalue weighted by Gasteiger charge is -2.04. The van der Waals surface area contributed by atoms with E-state index in [9.17, 15) is 10.1 Å². The van der Waals surface area contributed by atoms with E-state index in [4.69, 9.17) is 0 Å². The topological polar surface area (TPSA) is 68.9 Å². The van der Waals surface area contributed by atoms with Crippen LogP contribution in [-0.2, 0) is 5.75 Å². The minimum absolute atomic E-state index is 0.168. The molecule has 0 bridgehead atoms. The highest BCUT2D eigenvalue weighted by molar-refractivity contribution is 8.00. The molecule has 0 radical (unpaired) electrons. The number of rotatable bonds is 4. The molecule has 2 aromatic rings. The van der Waals surface area contributed by atoms with Gasteiger partial charge in [-0.2, -0.15) is 0 Å². The Morgan fingerprint density at radius 1 is 1.39 bits per heavy atom. The molecule has 1 aromatic heterocycles. The van der Waals surface area contributed by atoms with Gasteiger partial charge in [0.05, 0.1) is 4.92 Å². The van der Waals surface area contributed by atoms with Gasteiger partial charge in [0.25, 0.3) is 5.69 Å². The van der Waals surface area contributed by atoms with Crippen LogP contribution < -0.4 is 0 Å². The molecule has 18 heavy (non-hydrogen) atoms. The van der Waals surface area contributed by atoms with Crippen LogP contribution in [0.25, 0.3) is 0 Å². The number of nitrogens with zero attached hydrogens (tertiary/aromatic N) is 3. The van der Waals surface area contributed by atoms with E-state index in [1.54, 1.807) is 24.8 Å². The van der Waals surface area contributed by atoms with Crippen LogP contribution in [0.2, 0.25) is 0 Å².